The third-order valence-corrected chi connectivity index (χ3v) is 4.58. The lowest BCUT2D eigenvalue weighted by Crippen LogP contribution is -2.47. The van der Waals surface area contributed by atoms with Gasteiger partial charge in [0.25, 0.3) is 5.91 Å². The van der Waals surface area contributed by atoms with Gasteiger partial charge in [-0.3, -0.25) is 9.69 Å². The number of para-hydroxylation sites is 1. The molecule has 1 aliphatic heterocycles. The number of amides is 1. The third-order valence-electron chi connectivity index (χ3n) is 4.58. The summed E-state index contributed by atoms with van der Waals surface area (Å²) in [5, 5.41) is 6.06. The van der Waals surface area contributed by atoms with E-state index < -0.39 is 0 Å². The number of aromatic nitrogens is 2. The van der Waals surface area contributed by atoms with Crippen LogP contribution in [0.1, 0.15) is 16.8 Å². The zero-order chi connectivity index (χ0) is 18.2. The van der Waals surface area contributed by atoms with E-state index in [0.29, 0.717) is 12.1 Å². The molecule has 2 aromatic rings. The molecule has 1 amide bonds. The minimum Gasteiger partial charge on any atom is -0.387 e. The highest BCUT2D eigenvalue weighted by molar-refractivity contribution is 5.99. The van der Waals surface area contributed by atoms with Gasteiger partial charge in [0.1, 0.15) is 0 Å². The van der Waals surface area contributed by atoms with Crippen LogP contribution in [0.4, 0.5) is 11.6 Å². The second kappa shape index (κ2) is 9.15. The number of carbonyl (C=O) groups is 1. The first-order valence-corrected chi connectivity index (χ1v) is 9.07. The van der Waals surface area contributed by atoms with Gasteiger partial charge in [-0.05, 0) is 31.2 Å². The van der Waals surface area contributed by atoms with E-state index in [1.807, 2.05) is 37.4 Å². The second-order valence-corrected chi connectivity index (χ2v) is 6.28. The summed E-state index contributed by atoms with van der Waals surface area (Å²) in [5.41, 5.74) is 1.54. The Morgan fingerprint density at radius 2 is 1.81 bits per heavy atom. The number of benzene rings is 1. The Balaban J connectivity index is 1.36. The quantitative estimate of drug-likeness (QED) is 0.734. The molecular formula is C19H26N6O. The first kappa shape index (κ1) is 18.1. The molecule has 138 valence electrons. The summed E-state index contributed by atoms with van der Waals surface area (Å²) in [5.74, 6) is 0.781. The first-order chi connectivity index (χ1) is 12.8. The van der Waals surface area contributed by atoms with E-state index in [-0.39, 0.29) is 5.91 Å². The van der Waals surface area contributed by atoms with Crippen molar-refractivity contribution in [2.45, 2.75) is 6.42 Å². The molecule has 7 nitrogen and oxygen atoms in total. The summed E-state index contributed by atoms with van der Waals surface area (Å²) in [7, 11) is 1.83. The highest BCUT2D eigenvalue weighted by atomic mass is 16.1. The fraction of sp³-hybridized carbons (Fsp3) is 0.421. The normalized spacial score (nSPS) is 14.9. The highest BCUT2D eigenvalue weighted by Crippen LogP contribution is 2.14. The fourth-order valence-electron chi connectivity index (χ4n) is 3.12. The van der Waals surface area contributed by atoms with Gasteiger partial charge in [-0.15, -0.1) is 0 Å². The molecule has 0 aliphatic carbocycles. The molecule has 0 atom stereocenters. The number of nitrogens with one attached hydrogen (secondary N) is 2. The lowest BCUT2D eigenvalue weighted by atomic mass is 10.1. The van der Waals surface area contributed by atoms with E-state index in [1.54, 1.807) is 12.4 Å². The van der Waals surface area contributed by atoms with Crippen molar-refractivity contribution in [1.82, 2.24) is 20.2 Å². The van der Waals surface area contributed by atoms with Crippen molar-refractivity contribution in [2.75, 3.05) is 56.5 Å². The third kappa shape index (κ3) is 4.70. The van der Waals surface area contributed by atoms with Crippen molar-refractivity contribution >= 4 is 17.5 Å². The van der Waals surface area contributed by atoms with Crippen molar-refractivity contribution in [3.05, 3.63) is 48.3 Å². The summed E-state index contributed by atoms with van der Waals surface area (Å²) in [6, 6.07) is 9.38. The molecule has 1 aliphatic rings. The monoisotopic (exact) mass is 354 g/mol. The molecule has 0 spiro atoms. The van der Waals surface area contributed by atoms with Crippen LogP contribution >= 0.6 is 0 Å². The van der Waals surface area contributed by atoms with Gasteiger partial charge in [0, 0.05) is 57.9 Å². The van der Waals surface area contributed by atoms with E-state index in [4.69, 9.17) is 0 Å². The second-order valence-electron chi connectivity index (χ2n) is 6.28. The number of anilines is 2. The summed E-state index contributed by atoms with van der Waals surface area (Å²) >= 11 is 0. The van der Waals surface area contributed by atoms with Crippen molar-refractivity contribution in [3.8, 4) is 0 Å². The van der Waals surface area contributed by atoms with Gasteiger partial charge in [0.05, 0.1) is 5.56 Å². The molecule has 0 saturated carbocycles. The molecule has 2 N–H and O–H groups in total. The largest absolute Gasteiger partial charge is 0.387 e. The molecule has 3 rings (SSSR count). The van der Waals surface area contributed by atoms with E-state index in [0.717, 1.165) is 50.8 Å². The Labute approximate surface area is 154 Å². The molecule has 1 fully saturated rings. The number of hydrogen-bond acceptors (Lipinski definition) is 6. The molecule has 1 aromatic carbocycles. The maximum atomic E-state index is 12.3. The molecule has 7 heteroatoms. The average Bonchev–Trinajstić information content (AvgIpc) is 2.72. The van der Waals surface area contributed by atoms with E-state index in [2.05, 4.69) is 30.4 Å². The first-order valence-electron chi connectivity index (χ1n) is 9.07. The van der Waals surface area contributed by atoms with Gasteiger partial charge in [-0.2, -0.15) is 0 Å². The van der Waals surface area contributed by atoms with Gasteiger partial charge in [-0.1, -0.05) is 12.1 Å². The van der Waals surface area contributed by atoms with Crippen LogP contribution < -0.4 is 15.5 Å². The number of nitrogens with zero attached hydrogens (tertiary/aromatic N) is 4. The van der Waals surface area contributed by atoms with Crippen LogP contribution in [0.15, 0.2) is 42.7 Å². The van der Waals surface area contributed by atoms with Crippen LogP contribution in [-0.4, -0.2) is 67.1 Å². The Hall–Kier alpha value is -2.67. The highest BCUT2D eigenvalue weighted by Gasteiger charge is 2.18. The van der Waals surface area contributed by atoms with Gasteiger partial charge < -0.3 is 15.5 Å². The summed E-state index contributed by atoms with van der Waals surface area (Å²) in [6.45, 7) is 5.53. The van der Waals surface area contributed by atoms with Gasteiger partial charge >= 0.3 is 0 Å². The van der Waals surface area contributed by atoms with E-state index in [1.165, 1.54) is 0 Å². The smallest absolute Gasteiger partial charge is 0.253 e. The Bertz CT molecular complexity index is 700. The summed E-state index contributed by atoms with van der Waals surface area (Å²) in [6.07, 6.45) is 4.50. The molecule has 2 heterocycles. The fourth-order valence-corrected chi connectivity index (χ4v) is 3.12. The topological polar surface area (TPSA) is 73.4 Å². The van der Waals surface area contributed by atoms with Gasteiger partial charge in [0.15, 0.2) is 0 Å². The standard InChI is InChI=1S/C19H26N6O/c1-20-17-7-3-2-6-16(17)18(26)21-10-5-11-24-12-14-25(15-13-24)19-22-8-4-9-23-19/h2-4,6-9,20H,5,10-15H2,1H3,(H,21,26). The SMILES string of the molecule is CNc1ccccc1C(=O)NCCCN1CCN(c2ncccn2)CC1. The van der Waals surface area contributed by atoms with Gasteiger partial charge in [0.2, 0.25) is 5.95 Å². The zero-order valence-electron chi connectivity index (χ0n) is 15.2. The summed E-state index contributed by atoms with van der Waals surface area (Å²) in [4.78, 5) is 25.5. The van der Waals surface area contributed by atoms with E-state index in [9.17, 15) is 4.79 Å². The van der Waals surface area contributed by atoms with Crippen LogP contribution in [0.3, 0.4) is 0 Å². The van der Waals surface area contributed by atoms with Crippen LogP contribution in [0.25, 0.3) is 0 Å². The lowest BCUT2D eigenvalue weighted by molar-refractivity contribution is 0.0952. The van der Waals surface area contributed by atoms with Crippen molar-refractivity contribution in [1.29, 1.82) is 0 Å². The predicted octanol–water partition coefficient (Wildman–Crippen LogP) is 1.46. The molecule has 0 unspecified atom stereocenters. The molecule has 26 heavy (non-hydrogen) atoms. The molecule has 1 saturated heterocycles. The summed E-state index contributed by atoms with van der Waals surface area (Å²) < 4.78 is 0. The maximum Gasteiger partial charge on any atom is 0.253 e. The maximum absolute atomic E-state index is 12.3. The minimum absolute atomic E-state index is 0.0269. The average molecular weight is 354 g/mol. The predicted molar refractivity (Wildman–Crippen MR) is 104 cm³/mol. The molecular weight excluding hydrogens is 328 g/mol. The number of piperazine rings is 1. The number of hydrogen-bond donors (Lipinski definition) is 2. The van der Waals surface area contributed by atoms with E-state index >= 15 is 0 Å². The van der Waals surface area contributed by atoms with Crippen LogP contribution in [0.2, 0.25) is 0 Å². The Morgan fingerprint density at radius 1 is 1.08 bits per heavy atom. The van der Waals surface area contributed by atoms with Crippen molar-refractivity contribution in [2.24, 2.45) is 0 Å². The number of carbonyl (C=O) groups excluding carboxylic acids is 1. The van der Waals surface area contributed by atoms with Crippen LogP contribution in [-0.2, 0) is 0 Å². The molecule has 0 bridgehead atoms. The van der Waals surface area contributed by atoms with Crippen LogP contribution in [0, 0.1) is 0 Å². The minimum atomic E-state index is -0.0269. The molecule has 1 aromatic heterocycles. The Kier molecular flexibility index (Phi) is 6.38. The zero-order valence-corrected chi connectivity index (χ0v) is 15.2. The van der Waals surface area contributed by atoms with Gasteiger partial charge in [-0.25, -0.2) is 9.97 Å². The molecule has 0 radical (unpaired) electrons. The van der Waals surface area contributed by atoms with Crippen LogP contribution in [0.5, 0.6) is 0 Å². The lowest BCUT2D eigenvalue weighted by Gasteiger charge is -2.34. The Morgan fingerprint density at radius 3 is 2.54 bits per heavy atom. The van der Waals surface area contributed by atoms with Crippen molar-refractivity contribution < 1.29 is 4.79 Å². The van der Waals surface area contributed by atoms with Crippen molar-refractivity contribution in [3.63, 3.8) is 0 Å². The number of rotatable bonds is 7.